The molecule has 30 heavy (non-hydrogen) atoms. The molecule has 1 atom stereocenters. The fourth-order valence-electron chi connectivity index (χ4n) is 2.40. The number of pyridine rings is 1. The Bertz CT molecular complexity index is 1110. The molecule has 1 aromatic carbocycles. The highest BCUT2D eigenvalue weighted by Gasteiger charge is 2.10. The molecule has 0 aliphatic rings. The molecule has 0 fully saturated rings. The molecule has 3 rings (SSSR count). The van der Waals surface area contributed by atoms with E-state index in [0.717, 1.165) is 6.21 Å². The minimum atomic E-state index is -1.26. The van der Waals surface area contributed by atoms with Crippen molar-refractivity contribution in [1.29, 1.82) is 0 Å². The molecular weight excluding hydrogens is 409 g/mol. The third-order valence-electron chi connectivity index (χ3n) is 3.86. The van der Waals surface area contributed by atoms with Crippen LogP contribution in [0.5, 0.6) is 5.88 Å². The minimum Gasteiger partial charge on any atom is -0.478 e. The standard InChI is InChI=1S/C20H18FN5O3S/c1-3-29-19-7-4-13(9-23-19)17-11-22-12-18(25-17)20(27)26-24-10-14-8-15(30(2)28)5-6-16(14)21/h4-12H,3H2,1-2H3,(H,26,27)/b24-10+. The van der Waals surface area contributed by atoms with Gasteiger partial charge in [0.15, 0.2) is 0 Å². The van der Waals surface area contributed by atoms with Crippen molar-refractivity contribution < 1.29 is 18.1 Å². The number of hydrogen-bond donors (Lipinski definition) is 1. The predicted molar refractivity (Wildman–Crippen MR) is 110 cm³/mol. The van der Waals surface area contributed by atoms with Gasteiger partial charge in [0.2, 0.25) is 5.88 Å². The van der Waals surface area contributed by atoms with Gasteiger partial charge in [-0.3, -0.25) is 14.0 Å². The van der Waals surface area contributed by atoms with Crippen molar-refractivity contribution in [3.63, 3.8) is 0 Å². The number of amides is 1. The highest BCUT2D eigenvalue weighted by Crippen LogP contribution is 2.18. The number of hydrazone groups is 1. The lowest BCUT2D eigenvalue weighted by Crippen LogP contribution is -2.19. The SMILES string of the molecule is CCOc1ccc(-c2cncc(C(=O)N/N=C/c3cc(S(C)=O)ccc3F)n2)cn1. The number of ether oxygens (including phenoxy) is 1. The van der Waals surface area contributed by atoms with Crippen LogP contribution in [0, 0.1) is 5.82 Å². The molecule has 2 heterocycles. The Balaban J connectivity index is 1.72. The number of carbonyl (C=O) groups is 1. The average Bonchev–Trinajstić information content (AvgIpc) is 2.75. The summed E-state index contributed by atoms with van der Waals surface area (Å²) in [6.45, 7) is 2.37. The quantitative estimate of drug-likeness (QED) is 0.459. The number of aromatic nitrogens is 3. The molecule has 3 aromatic rings. The van der Waals surface area contributed by atoms with Crippen LogP contribution in [0.4, 0.5) is 4.39 Å². The van der Waals surface area contributed by atoms with Crippen molar-refractivity contribution in [2.75, 3.05) is 12.9 Å². The lowest BCUT2D eigenvalue weighted by Gasteiger charge is -2.05. The van der Waals surface area contributed by atoms with Crippen LogP contribution in [-0.4, -0.2) is 44.1 Å². The molecule has 0 saturated carbocycles. The number of carbonyl (C=O) groups excluding carboxylic acids is 1. The Morgan fingerprint density at radius 3 is 2.80 bits per heavy atom. The molecule has 0 radical (unpaired) electrons. The molecule has 1 N–H and O–H groups in total. The Labute approximate surface area is 174 Å². The highest BCUT2D eigenvalue weighted by molar-refractivity contribution is 7.84. The summed E-state index contributed by atoms with van der Waals surface area (Å²) in [6, 6.07) is 7.48. The summed E-state index contributed by atoms with van der Waals surface area (Å²) in [5.74, 6) is -0.678. The van der Waals surface area contributed by atoms with Gasteiger partial charge < -0.3 is 4.74 Å². The van der Waals surface area contributed by atoms with Crippen LogP contribution in [0.25, 0.3) is 11.3 Å². The van der Waals surface area contributed by atoms with Crippen molar-refractivity contribution in [2.45, 2.75) is 11.8 Å². The number of nitrogens with one attached hydrogen (secondary N) is 1. The summed E-state index contributed by atoms with van der Waals surface area (Å²) in [6.07, 6.45) is 6.99. The summed E-state index contributed by atoms with van der Waals surface area (Å²) in [5.41, 5.74) is 3.52. The molecule has 154 valence electrons. The van der Waals surface area contributed by atoms with E-state index in [4.69, 9.17) is 4.74 Å². The van der Waals surface area contributed by atoms with Gasteiger partial charge in [-0.2, -0.15) is 5.10 Å². The zero-order chi connectivity index (χ0) is 21.5. The van der Waals surface area contributed by atoms with Gasteiger partial charge >= 0.3 is 0 Å². The number of hydrogen-bond acceptors (Lipinski definition) is 7. The van der Waals surface area contributed by atoms with E-state index in [9.17, 15) is 13.4 Å². The van der Waals surface area contributed by atoms with Gasteiger partial charge in [0.1, 0.15) is 11.5 Å². The molecule has 0 spiro atoms. The maximum atomic E-state index is 13.9. The van der Waals surface area contributed by atoms with Crippen LogP contribution in [0.3, 0.4) is 0 Å². The monoisotopic (exact) mass is 427 g/mol. The Kier molecular flexibility index (Phi) is 6.91. The zero-order valence-corrected chi connectivity index (χ0v) is 17.0. The number of benzene rings is 1. The predicted octanol–water partition coefficient (Wildman–Crippen LogP) is 2.58. The van der Waals surface area contributed by atoms with Crippen LogP contribution in [0.15, 0.2) is 58.9 Å². The molecule has 1 unspecified atom stereocenters. The maximum absolute atomic E-state index is 13.9. The van der Waals surface area contributed by atoms with Gasteiger partial charge in [0.25, 0.3) is 5.91 Å². The molecule has 2 aromatic heterocycles. The van der Waals surface area contributed by atoms with E-state index in [2.05, 4.69) is 25.5 Å². The molecule has 8 nitrogen and oxygen atoms in total. The topological polar surface area (TPSA) is 106 Å². The van der Waals surface area contributed by atoms with Crippen LogP contribution >= 0.6 is 0 Å². The van der Waals surface area contributed by atoms with Crippen molar-refractivity contribution in [2.24, 2.45) is 5.10 Å². The van der Waals surface area contributed by atoms with Gasteiger partial charge in [0, 0.05) is 45.3 Å². The second kappa shape index (κ2) is 9.79. The summed E-state index contributed by atoms with van der Waals surface area (Å²) in [5, 5.41) is 3.75. The molecule has 1 amide bonds. The Morgan fingerprint density at radius 2 is 2.10 bits per heavy atom. The van der Waals surface area contributed by atoms with E-state index in [1.54, 1.807) is 18.3 Å². The maximum Gasteiger partial charge on any atom is 0.291 e. The van der Waals surface area contributed by atoms with Gasteiger partial charge in [-0.1, -0.05) is 0 Å². The molecular formula is C20H18FN5O3S. The summed E-state index contributed by atoms with van der Waals surface area (Å²) in [4.78, 5) is 25.2. The third kappa shape index (κ3) is 5.29. The second-order valence-electron chi connectivity index (χ2n) is 5.94. The van der Waals surface area contributed by atoms with Crippen molar-refractivity contribution >= 4 is 22.9 Å². The number of rotatable bonds is 7. The van der Waals surface area contributed by atoms with Crippen molar-refractivity contribution in [3.05, 3.63) is 66.0 Å². The van der Waals surface area contributed by atoms with Gasteiger partial charge in [-0.05, 0) is 31.2 Å². The largest absolute Gasteiger partial charge is 0.478 e. The molecule has 10 heteroatoms. The minimum absolute atomic E-state index is 0.0300. The van der Waals surface area contributed by atoms with Gasteiger partial charge in [-0.15, -0.1) is 0 Å². The molecule has 0 aliphatic carbocycles. The van der Waals surface area contributed by atoms with E-state index >= 15 is 0 Å². The van der Waals surface area contributed by atoms with Crippen molar-refractivity contribution in [3.8, 4) is 17.1 Å². The molecule has 0 aliphatic heterocycles. The lowest BCUT2D eigenvalue weighted by molar-refractivity contribution is 0.0950. The van der Waals surface area contributed by atoms with Crippen LogP contribution in [0.1, 0.15) is 23.0 Å². The van der Waals surface area contributed by atoms with Crippen molar-refractivity contribution in [1.82, 2.24) is 20.4 Å². The fraction of sp³-hybridized carbons (Fsp3) is 0.150. The van der Waals surface area contributed by atoms with Gasteiger partial charge in [0.05, 0.1) is 30.9 Å². The van der Waals surface area contributed by atoms with E-state index < -0.39 is 22.5 Å². The first-order valence-corrected chi connectivity index (χ1v) is 10.4. The normalized spacial score (nSPS) is 12.0. The van der Waals surface area contributed by atoms with Crippen LogP contribution in [-0.2, 0) is 10.8 Å². The van der Waals surface area contributed by atoms with Crippen LogP contribution in [0.2, 0.25) is 0 Å². The summed E-state index contributed by atoms with van der Waals surface area (Å²) in [7, 11) is -1.26. The summed E-state index contributed by atoms with van der Waals surface area (Å²) < 4.78 is 30.7. The first kappa shape index (κ1) is 21.2. The first-order valence-electron chi connectivity index (χ1n) is 8.85. The Hall–Kier alpha value is -3.53. The number of nitrogens with zero attached hydrogens (tertiary/aromatic N) is 4. The van der Waals surface area contributed by atoms with Crippen LogP contribution < -0.4 is 10.2 Å². The lowest BCUT2D eigenvalue weighted by atomic mass is 10.2. The van der Waals surface area contributed by atoms with E-state index in [1.165, 1.54) is 36.8 Å². The molecule has 0 bridgehead atoms. The summed E-state index contributed by atoms with van der Waals surface area (Å²) >= 11 is 0. The van der Waals surface area contributed by atoms with Gasteiger partial charge in [-0.25, -0.2) is 19.8 Å². The third-order valence-corrected chi connectivity index (χ3v) is 4.78. The van der Waals surface area contributed by atoms with E-state index in [0.29, 0.717) is 28.6 Å². The zero-order valence-electron chi connectivity index (χ0n) is 16.2. The first-order chi connectivity index (χ1) is 14.5. The van der Waals surface area contributed by atoms with E-state index in [1.807, 2.05) is 6.92 Å². The smallest absolute Gasteiger partial charge is 0.291 e. The number of halogens is 1. The second-order valence-corrected chi connectivity index (χ2v) is 7.32. The fourth-order valence-corrected chi connectivity index (χ4v) is 2.95. The molecule has 0 saturated heterocycles. The average molecular weight is 427 g/mol. The Morgan fingerprint density at radius 1 is 1.27 bits per heavy atom. The highest BCUT2D eigenvalue weighted by atomic mass is 32.2. The van der Waals surface area contributed by atoms with E-state index in [-0.39, 0.29) is 11.3 Å².